The van der Waals surface area contributed by atoms with Gasteiger partial charge in [0.05, 0.1) is 24.8 Å². The number of rotatable bonds is 10. The lowest BCUT2D eigenvalue weighted by Crippen LogP contribution is -2.19. The normalized spacial score (nSPS) is 10.8. The zero-order valence-electron chi connectivity index (χ0n) is 17.1. The number of ether oxygens (including phenoxy) is 2. The molecule has 3 rings (SSSR count). The molecular weight excluding hydrogens is 438 g/mol. The van der Waals surface area contributed by atoms with Crippen molar-refractivity contribution in [2.75, 3.05) is 7.11 Å². The first kappa shape index (κ1) is 22.8. The fraction of sp³-hybridized carbons (Fsp3) is 0.190. The quantitative estimate of drug-likeness (QED) is 0.282. The number of hydrogen-bond acceptors (Lipinski definition) is 7. The fourth-order valence-corrected chi connectivity index (χ4v) is 2.83. The molecule has 1 amide bonds. The number of aryl methyl sites for hydroxylation is 1. The van der Waals surface area contributed by atoms with Crippen molar-refractivity contribution in [1.29, 1.82) is 0 Å². The number of amides is 1. The van der Waals surface area contributed by atoms with Crippen molar-refractivity contribution in [2.45, 2.75) is 19.6 Å². The Labute approximate surface area is 188 Å². The van der Waals surface area contributed by atoms with Crippen molar-refractivity contribution in [3.8, 4) is 11.5 Å². The van der Waals surface area contributed by atoms with E-state index in [0.717, 1.165) is 17.3 Å². The van der Waals surface area contributed by atoms with Crippen LogP contribution in [0.3, 0.4) is 0 Å². The first-order valence-electron chi connectivity index (χ1n) is 9.48. The third kappa shape index (κ3) is 6.54. The largest absolute Gasteiger partial charge is 0.496 e. The number of nitro groups is 1. The minimum atomic E-state index is -0.544. The minimum absolute atomic E-state index is 0.0684. The zero-order valence-corrected chi connectivity index (χ0v) is 17.9. The molecule has 0 atom stereocenters. The Kier molecular flexibility index (Phi) is 7.76. The molecule has 3 aromatic rings. The van der Waals surface area contributed by atoms with Crippen LogP contribution in [0.25, 0.3) is 0 Å². The molecule has 0 radical (unpaired) electrons. The van der Waals surface area contributed by atoms with Crippen LogP contribution in [0.2, 0.25) is 5.02 Å². The number of carbonyl (C=O) groups excluding carboxylic acids is 1. The van der Waals surface area contributed by atoms with Gasteiger partial charge < -0.3 is 9.47 Å². The molecule has 2 aromatic carbocycles. The van der Waals surface area contributed by atoms with Crippen molar-refractivity contribution in [3.63, 3.8) is 0 Å². The second-order valence-corrected chi connectivity index (χ2v) is 7.01. The van der Waals surface area contributed by atoms with Gasteiger partial charge >= 0.3 is 5.69 Å². The van der Waals surface area contributed by atoms with E-state index in [-0.39, 0.29) is 31.2 Å². The van der Waals surface area contributed by atoms with Crippen LogP contribution in [-0.4, -0.2) is 33.9 Å². The topological polar surface area (TPSA) is 121 Å². The van der Waals surface area contributed by atoms with Crippen LogP contribution in [0, 0.1) is 10.1 Å². The number of benzene rings is 2. The van der Waals surface area contributed by atoms with E-state index in [4.69, 9.17) is 21.1 Å². The summed E-state index contributed by atoms with van der Waals surface area (Å²) in [6.07, 6.45) is 3.97. The molecule has 0 bridgehead atoms. The van der Waals surface area contributed by atoms with Crippen molar-refractivity contribution in [3.05, 3.63) is 81.1 Å². The Hall–Kier alpha value is -3.92. The van der Waals surface area contributed by atoms with Crippen LogP contribution in [0.4, 0.5) is 5.69 Å². The maximum atomic E-state index is 11.9. The van der Waals surface area contributed by atoms with Gasteiger partial charge in [0.1, 0.15) is 30.5 Å². The van der Waals surface area contributed by atoms with Gasteiger partial charge in [-0.3, -0.25) is 19.6 Å². The lowest BCUT2D eigenvalue weighted by atomic mass is 10.1. The van der Waals surface area contributed by atoms with E-state index in [1.165, 1.54) is 17.1 Å². The summed E-state index contributed by atoms with van der Waals surface area (Å²) in [6.45, 7) is 0.471. The van der Waals surface area contributed by atoms with E-state index in [2.05, 4.69) is 15.6 Å². The molecular formula is C21H20ClN5O5. The summed E-state index contributed by atoms with van der Waals surface area (Å²) in [5.41, 5.74) is 3.84. The predicted octanol–water partition coefficient (Wildman–Crippen LogP) is 3.57. The van der Waals surface area contributed by atoms with Crippen molar-refractivity contribution in [2.24, 2.45) is 5.10 Å². The molecule has 10 nitrogen and oxygen atoms in total. The molecule has 0 aliphatic heterocycles. The third-order valence-corrected chi connectivity index (χ3v) is 4.57. The van der Waals surface area contributed by atoms with Gasteiger partial charge in [-0.2, -0.15) is 10.2 Å². The fourth-order valence-electron chi connectivity index (χ4n) is 2.70. The third-order valence-electron chi connectivity index (χ3n) is 4.31. The van der Waals surface area contributed by atoms with E-state index in [1.54, 1.807) is 43.5 Å². The first-order valence-corrected chi connectivity index (χ1v) is 9.86. The molecule has 166 valence electrons. The molecule has 0 unspecified atom stereocenters. The molecule has 0 aliphatic rings. The maximum Gasteiger partial charge on any atom is 0.306 e. The monoisotopic (exact) mass is 457 g/mol. The van der Waals surface area contributed by atoms with Crippen molar-refractivity contribution >= 4 is 29.4 Å². The van der Waals surface area contributed by atoms with E-state index < -0.39 is 4.92 Å². The van der Waals surface area contributed by atoms with Gasteiger partial charge in [0, 0.05) is 17.0 Å². The number of aromatic nitrogens is 2. The smallest absolute Gasteiger partial charge is 0.306 e. The number of hydrazone groups is 1. The van der Waals surface area contributed by atoms with Gasteiger partial charge in [0.25, 0.3) is 0 Å². The maximum absolute atomic E-state index is 11.9. The SMILES string of the molecule is COc1ccc(C=NNC(=O)CCn2cc([N+](=O)[O-])cn2)cc1COc1ccc(Cl)cc1. The van der Waals surface area contributed by atoms with Gasteiger partial charge in [0.15, 0.2) is 0 Å². The van der Waals surface area contributed by atoms with E-state index in [1.807, 2.05) is 6.07 Å². The number of nitrogens with zero attached hydrogens (tertiary/aromatic N) is 4. The van der Waals surface area contributed by atoms with Gasteiger partial charge in [-0.05, 0) is 48.0 Å². The molecule has 1 aromatic heterocycles. The number of halogens is 1. The molecule has 32 heavy (non-hydrogen) atoms. The summed E-state index contributed by atoms with van der Waals surface area (Å²) in [4.78, 5) is 22.1. The number of carbonyl (C=O) groups is 1. The van der Waals surface area contributed by atoms with Gasteiger partial charge in [0.2, 0.25) is 5.91 Å². The average molecular weight is 458 g/mol. The molecule has 0 aliphatic carbocycles. The van der Waals surface area contributed by atoms with Crippen LogP contribution < -0.4 is 14.9 Å². The van der Waals surface area contributed by atoms with Gasteiger partial charge in [-0.1, -0.05) is 11.6 Å². The summed E-state index contributed by atoms with van der Waals surface area (Å²) >= 11 is 5.88. The summed E-state index contributed by atoms with van der Waals surface area (Å²) < 4.78 is 12.5. The van der Waals surface area contributed by atoms with E-state index in [9.17, 15) is 14.9 Å². The highest BCUT2D eigenvalue weighted by atomic mass is 35.5. The summed E-state index contributed by atoms with van der Waals surface area (Å²) in [7, 11) is 1.57. The Bertz CT molecular complexity index is 1110. The second-order valence-electron chi connectivity index (χ2n) is 6.58. The van der Waals surface area contributed by atoms with Gasteiger partial charge in [-0.15, -0.1) is 0 Å². The van der Waals surface area contributed by atoms with E-state index >= 15 is 0 Å². The van der Waals surface area contributed by atoms with Crippen LogP contribution in [0.15, 0.2) is 60.0 Å². The van der Waals surface area contributed by atoms with Crippen LogP contribution in [-0.2, 0) is 17.9 Å². The van der Waals surface area contributed by atoms with E-state index in [0.29, 0.717) is 16.5 Å². The standard InChI is InChI=1S/C21H20ClN5O5/c1-31-20-7-2-15(10-16(20)14-32-19-5-3-17(22)4-6-19)11-23-25-21(28)8-9-26-13-18(12-24-26)27(29)30/h2-7,10-13H,8-9,14H2,1H3,(H,25,28). The Morgan fingerprint density at radius 2 is 2.09 bits per heavy atom. The average Bonchev–Trinajstić information content (AvgIpc) is 3.27. The predicted molar refractivity (Wildman–Crippen MR) is 118 cm³/mol. The highest BCUT2D eigenvalue weighted by molar-refractivity contribution is 6.30. The number of methoxy groups -OCH3 is 1. The van der Waals surface area contributed by atoms with Crippen LogP contribution in [0.5, 0.6) is 11.5 Å². The number of nitrogens with one attached hydrogen (secondary N) is 1. The lowest BCUT2D eigenvalue weighted by Gasteiger charge is -2.11. The van der Waals surface area contributed by atoms with Gasteiger partial charge in [-0.25, -0.2) is 5.43 Å². The Balaban J connectivity index is 1.53. The molecule has 0 fully saturated rings. The highest BCUT2D eigenvalue weighted by Gasteiger charge is 2.10. The number of hydrogen-bond donors (Lipinski definition) is 1. The second kappa shape index (κ2) is 10.9. The lowest BCUT2D eigenvalue weighted by molar-refractivity contribution is -0.385. The highest BCUT2D eigenvalue weighted by Crippen LogP contribution is 2.22. The van der Waals surface area contributed by atoms with Crippen molar-refractivity contribution < 1.29 is 19.2 Å². The van der Waals surface area contributed by atoms with Crippen molar-refractivity contribution in [1.82, 2.24) is 15.2 Å². The van der Waals surface area contributed by atoms with Crippen LogP contribution in [0.1, 0.15) is 17.5 Å². The Morgan fingerprint density at radius 1 is 1.31 bits per heavy atom. The first-order chi connectivity index (χ1) is 15.4. The zero-order chi connectivity index (χ0) is 22.9. The molecule has 1 N–H and O–H groups in total. The van der Waals surface area contributed by atoms with Crippen LogP contribution >= 0.6 is 11.6 Å². The summed E-state index contributed by atoms with van der Waals surface area (Å²) in [5.74, 6) is 0.984. The summed E-state index contributed by atoms with van der Waals surface area (Å²) in [6, 6.07) is 12.5. The minimum Gasteiger partial charge on any atom is -0.496 e. The Morgan fingerprint density at radius 3 is 2.78 bits per heavy atom. The molecule has 0 spiro atoms. The summed E-state index contributed by atoms with van der Waals surface area (Å²) in [5, 5.41) is 19.1. The molecule has 1 heterocycles. The molecule has 0 saturated carbocycles. The molecule has 11 heteroatoms. The molecule has 0 saturated heterocycles.